The summed E-state index contributed by atoms with van der Waals surface area (Å²) in [6, 6.07) is 14.6. The molecule has 0 spiro atoms. The van der Waals surface area contributed by atoms with E-state index < -0.39 is 0 Å². The Kier molecular flexibility index (Phi) is 5.44. The van der Waals surface area contributed by atoms with Crippen molar-refractivity contribution in [2.75, 3.05) is 18.2 Å². The lowest BCUT2D eigenvalue weighted by molar-refractivity contribution is 0.102. The highest BCUT2D eigenvalue weighted by Crippen LogP contribution is 2.18. The zero-order chi connectivity index (χ0) is 15.1. The summed E-state index contributed by atoms with van der Waals surface area (Å²) >= 11 is 1.66. The summed E-state index contributed by atoms with van der Waals surface area (Å²) in [7, 11) is 0. The predicted molar refractivity (Wildman–Crippen MR) is 86.6 cm³/mol. The SMILES string of the molecule is CSc1ccc(NC(=O)c2ccc(C#CCO)cc2)cc1. The van der Waals surface area contributed by atoms with E-state index in [9.17, 15) is 4.79 Å². The van der Waals surface area contributed by atoms with Crippen LogP contribution in [0.25, 0.3) is 0 Å². The molecule has 0 aliphatic rings. The summed E-state index contributed by atoms with van der Waals surface area (Å²) in [6.07, 6.45) is 2.01. The Balaban J connectivity index is 2.05. The number of nitrogens with one attached hydrogen (secondary N) is 1. The normalized spacial score (nSPS) is 9.62. The molecule has 0 aromatic heterocycles. The molecule has 4 heteroatoms. The quantitative estimate of drug-likeness (QED) is 0.676. The van der Waals surface area contributed by atoms with Crippen molar-refractivity contribution in [3.8, 4) is 11.8 Å². The summed E-state index contributed by atoms with van der Waals surface area (Å²) in [5.74, 6) is 5.20. The van der Waals surface area contributed by atoms with Crippen LogP contribution in [0.15, 0.2) is 53.4 Å². The van der Waals surface area contributed by atoms with E-state index in [4.69, 9.17) is 5.11 Å². The van der Waals surface area contributed by atoms with E-state index in [1.165, 1.54) is 0 Å². The average molecular weight is 297 g/mol. The summed E-state index contributed by atoms with van der Waals surface area (Å²) in [6.45, 7) is -0.172. The lowest BCUT2D eigenvalue weighted by atomic mass is 10.1. The lowest BCUT2D eigenvalue weighted by Gasteiger charge is -2.06. The van der Waals surface area contributed by atoms with Crippen molar-refractivity contribution in [1.82, 2.24) is 0 Å². The van der Waals surface area contributed by atoms with Crippen LogP contribution in [0.4, 0.5) is 5.69 Å². The van der Waals surface area contributed by atoms with Crippen LogP contribution in [0.2, 0.25) is 0 Å². The second kappa shape index (κ2) is 7.53. The van der Waals surface area contributed by atoms with Gasteiger partial charge in [0.1, 0.15) is 6.61 Å². The van der Waals surface area contributed by atoms with Gasteiger partial charge in [-0.3, -0.25) is 4.79 Å². The number of carbonyl (C=O) groups is 1. The Morgan fingerprint density at radius 2 is 1.81 bits per heavy atom. The zero-order valence-electron chi connectivity index (χ0n) is 11.6. The fourth-order valence-electron chi connectivity index (χ4n) is 1.72. The smallest absolute Gasteiger partial charge is 0.255 e. The van der Waals surface area contributed by atoms with Crippen LogP contribution >= 0.6 is 11.8 Å². The van der Waals surface area contributed by atoms with E-state index in [1.807, 2.05) is 30.5 Å². The third kappa shape index (κ3) is 4.38. The first kappa shape index (κ1) is 15.2. The number of aliphatic hydroxyl groups excluding tert-OH is 1. The molecule has 2 rings (SSSR count). The maximum Gasteiger partial charge on any atom is 0.255 e. The second-order valence-electron chi connectivity index (χ2n) is 4.22. The molecule has 0 radical (unpaired) electrons. The number of thioether (sulfide) groups is 1. The summed E-state index contributed by atoms with van der Waals surface area (Å²) in [4.78, 5) is 13.3. The van der Waals surface area contributed by atoms with E-state index >= 15 is 0 Å². The Morgan fingerprint density at radius 3 is 2.38 bits per heavy atom. The van der Waals surface area contributed by atoms with Crippen LogP contribution < -0.4 is 5.32 Å². The van der Waals surface area contributed by atoms with Crippen LogP contribution in [0.1, 0.15) is 15.9 Å². The molecule has 2 N–H and O–H groups in total. The first-order valence-corrected chi connectivity index (χ1v) is 7.60. The molecule has 106 valence electrons. The second-order valence-corrected chi connectivity index (χ2v) is 5.10. The summed E-state index contributed by atoms with van der Waals surface area (Å²) in [5.41, 5.74) is 2.10. The van der Waals surface area contributed by atoms with Crippen LogP contribution in [0.3, 0.4) is 0 Å². The number of hydrogen-bond acceptors (Lipinski definition) is 3. The van der Waals surface area contributed by atoms with Crippen molar-refractivity contribution >= 4 is 23.4 Å². The molecule has 2 aromatic rings. The van der Waals surface area contributed by atoms with Gasteiger partial charge in [0.15, 0.2) is 0 Å². The van der Waals surface area contributed by atoms with E-state index in [0.717, 1.165) is 16.1 Å². The molecule has 0 fully saturated rings. The molecular weight excluding hydrogens is 282 g/mol. The summed E-state index contributed by atoms with van der Waals surface area (Å²) in [5, 5.41) is 11.5. The van der Waals surface area contributed by atoms with Gasteiger partial charge in [-0.2, -0.15) is 0 Å². The third-order valence-corrected chi connectivity index (χ3v) is 3.55. The van der Waals surface area contributed by atoms with Crippen molar-refractivity contribution in [2.45, 2.75) is 4.90 Å². The van der Waals surface area contributed by atoms with Crippen molar-refractivity contribution in [1.29, 1.82) is 0 Å². The van der Waals surface area contributed by atoms with Crippen LogP contribution in [-0.2, 0) is 0 Å². The minimum atomic E-state index is -0.172. The highest BCUT2D eigenvalue weighted by atomic mass is 32.2. The first-order valence-electron chi connectivity index (χ1n) is 6.38. The fraction of sp³-hybridized carbons (Fsp3) is 0.118. The number of hydrogen-bond donors (Lipinski definition) is 2. The number of carbonyl (C=O) groups excluding carboxylic acids is 1. The van der Waals surface area contributed by atoms with Crippen LogP contribution in [0.5, 0.6) is 0 Å². The zero-order valence-corrected chi connectivity index (χ0v) is 12.4. The van der Waals surface area contributed by atoms with Crippen LogP contribution in [0, 0.1) is 11.8 Å². The Hall–Kier alpha value is -2.22. The molecular formula is C17H15NO2S. The molecule has 1 amide bonds. The molecule has 3 nitrogen and oxygen atoms in total. The van der Waals surface area contributed by atoms with Gasteiger partial charge in [0.25, 0.3) is 5.91 Å². The van der Waals surface area contributed by atoms with E-state index in [0.29, 0.717) is 5.56 Å². The van der Waals surface area contributed by atoms with Gasteiger partial charge in [-0.15, -0.1) is 11.8 Å². The van der Waals surface area contributed by atoms with E-state index in [1.54, 1.807) is 36.0 Å². The van der Waals surface area contributed by atoms with Gasteiger partial charge in [0.2, 0.25) is 0 Å². The van der Waals surface area contributed by atoms with Gasteiger partial charge in [0.05, 0.1) is 0 Å². The van der Waals surface area contributed by atoms with Gasteiger partial charge < -0.3 is 10.4 Å². The number of amides is 1. The molecule has 0 saturated carbocycles. The molecule has 21 heavy (non-hydrogen) atoms. The minimum Gasteiger partial charge on any atom is -0.384 e. The monoisotopic (exact) mass is 297 g/mol. The van der Waals surface area contributed by atoms with Gasteiger partial charge in [-0.1, -0.05) is 11.8 Å². The van der Waals surface area contributed by atoms with E-state index in [-0.39, 0.29) is 12.5 Å². The molecule has 0 atom stereocenters. The van der Waals surface area contributed by atoms with Gasteiger partial charge in [-0.25, -0.2) is 0 Å². The number of anilines is 1. The van der Waals surface area contributed by atoms with Crippen molar-refractivity contribution < 1.29 is 9.90 Å². The Bertz CT molecular complexity index is 667. The highest BCUT2D eigenvalue weighted by molar-refractivity contribution is 7.98. The molecule has 0 saturated heterocycles. The largest absolute Gasteiger partial charge is 0.384 e. The average Bonchev–Trinajstić information content (AvgIpc) is 2.54. The van der Waals surface area contributed by atoms with Gasteiger partial charge in [-0.05, 0) is 54.8 Å². The predicted octanol–water partition coefficient (Wildman–Crippen LogP) is 3.00. The lowest BCUT2D eigenvalue weighted by Crippen LogP contribution is -2.11. The Morgan fingerprint density at radius 1 is 1.14 bits per heavy atom. The van der Waals surface area contributed by atoms with Gasteiger partial charge >= 0.3 is 0 Å². The molecule has 0 heterocycles. The molecule has 0 bridgehead atoms. The first-order chi connectivity index (χ1) is 10.2. The standard InChI is InChI=1S/C17H15NO2S/c1-21-16-10-8-15(9-11-16)18-17(20)14-6-4-13(5-7-14)3-2-12-19/h4-11,19H,12H2,1H3,(H,18,20). The summed E-state index contributed by atoms with van der Waals surface area (Å²) < 4.78 is 0. The molecule has 0 aliphatic heterocycles. The Labute approximate surface area is 128 Å². The number of rotatable bonds is 3. The fourth-order valence-corrected chi connectivity index (χ4v) is 2.13. The number of benzene rings is 2. The molecule has 0 unspecified atom stereocenters. The molecule has 2 aromatic carbocycles. The highest BCUT2D eigenvalue weighted by Gasteiger charge is 2.05. The maximum absolute atomic E-state index is 12.1. The minimum absolute atomic E-state index is 0.159. The number of aliphatic hydroxyl groups is 1. The third-order valence-electron chi connectivity index (χ3n) is 2.81. The van der Waals surface area contributed by atoms with Crippen molar-refractivity contribution in [2.24, 2.45) is 0 Å². The van der Waals surface area contributed by atoms with Crippen molar-refractivity contribution in [3.63, 3.8) is 0 Å². The van der Waals surface area contributed by atoms with E-state index in [2.05, 4.69) is 17.2 Å². The topological polar surface area (TPSA) is 49.3 Å². The maximum atomic E-state index is 12.1. The van der Waals surface area contributed by atoms with Gasteiger partial charge in [0, 0.05) is 21.7 Å². The van der Waals surface area contributed by atoms with Crippen molar-refractivity contribution in [3.05, 3.63) is 59.7 Å². The van der Waals surface area contributed by atoms with Crippen LogP contribution in [-0.4, -0.2) is 23.9 Å². The molecule has 0 aliphatic carbocycles.